The fourth-order valence-corrected chi connectivity index (χ4v) is 3.19. The van der Waals surface area contributed by atoms with Crippen LogP contribution in [0.3, 0.4) is 0 Å². The van der Waals surface area contributed by atoms with E-state index in [0.29, 0.717) is 6.54 Å². The summed E-state index contributed by atoms with van der Waals surface area (Å²) in [6, 6.07) is 4.34. The predicted octanol–water partition coefficient (Wildman–Crippen LogP) is 2.30. The highest BCUT2D eigenvalue weighted by molar-refractivity contribution is 5.77. The van der Waals surface area contributed by atoms with Crippen molar-refractivity contribution in [2.45, 2.75) is 32.2 Å². The summed E-state index contributed by atoms with van der Waals surface area (Å²) in [6.45, 7) is 3.50. The Balaban J connectivity index is 2.24. The molecule has 0 radical (unpaired) electrons. The minimum absolute atomic E-state index is 0.0366. The fourth-order valence-electron chi connectivity index (χ4n) is 3.19. The summed E-state index contributed by atoms with van der Waals surface area (Å²) in [6.07, 6.45) is -3.37. The molecule has 0 aliphatic rings. The Bertz CT molecular complexity index is 1170. The van der Waals surface area contributed by atoms with Gasteiger partial charge >= 0.3 is 6.18 Å². The Morgan fingerprint density at radius 1 is 1.29 bits per heavy atom. The smallest absolute Gasteiger partial charge is 0.379 e. The van der Waals surface area contributed by atoms with E-state index >= 15 is 0 Å². The molecule has 1 aromatic carbocycles. The molecule has 7 nitrogen and oxygen atoms in total. The number of nitrogens with zero attached hydrogens (tertiary/aromatic N) is 5. The van der Waals surface area contributed by atoms with Gasteiger partial charge in [0.15, 0.2) is 5.52 Å². The van der Waals surface area contributed by atoms with Gasteiger partial charge in [0.25, 0.3) is 5.56 Å². The van der Waals surface area contributed by atoms with Crippen molar-refractivity contribution < 1.29 is 18.3 Å². The van der Waals surface area contributed by atoms with Gasteiger partial charge in [-0.25, -0.2) is 4.98 Å². The summed E-state index contributed by atoms with van der Waals surface area (Å²) in [7, 11) is 1.50. The Morgan fingerprint density at radius 2 is 1.96 bits per heavy atom. The second-order valence-electron chi connectivity index (χ2n) is 6.45. The number of hydrogen-bond acceptors (Lipinski definition) is 5. The molecule has 0 aliphatic heterocycles. The zero-order valence-electron chi connectivity index (χ0n) is 15.2. The van der Waals surface area contributed by atoms with Gasteiger partial charge in [0.1, 0.15) is 16.8 Å². The minimum Gasteiger partial charge on any atom is -0.379 e. The highest BCUT2D eigenvalue weighted by atomic mass is 19.4. The van der Waals surface area contributed by atoms with Gasteiger partial charge in [-0.05, 0) is 31.5 Å². The van der Waals surface area contributed by atoms with Crippen LogP contribution >= 0.6 is 0 Å². The molecule has 2 aromatic heterocycles. The van der Waals surface area contributed by atoms with Crippen LogP contribution in [0.25, 0.3) is 11.0 Å². The first-order valence-electron chi connectivity index (χ1n) is 8.29. The van der Waals surface area contributed by atoms with Gasteiger partial charge in [0.05, 0.1) is 23.5 Å². The van der Waals surface area contributed by atoms with Gasteiger partial charge in [-0.3, -0.25) is 14.0 Å². The second-order valence-corrected chi connectivity index (χ2v) is 6.45. The van der Waals surface area contributed by atoms with Crippen molar-refractivity contribution in [1.29, 1.82) is 5.26 Å². The third-order valence-electron chi connectivity index (χ3n) is 4.62. The zero-order valence-corrected chi connectivity index (χ0v) is 15.2. The van der Waals surface area contributed by atoms with Crippen LogP contribution in [-0.4, -0.2) is 24.4 Å². The minimum atomic E-state index is -4.69. The van der Waals surface area contributed by atoms with Crippen LogP contribution in [0.1, 0.15) is 36.2 Å². The van der Waals surface area contributed by atoms with Crippen molar-refractivity contribution in [3.8, 4) is 6.07 Å². The van der Waals surface area contributed by atoms with E-state index in [2.05, 4.69) is 10.1 Å². The maximum atomic E-state index is 13.1. The molecule has 0 unspecified atom stereocenters. The van der Waals surface area contributed by atoms with Gasteiger partial charge in [-0.2, -0.15) is 23.5 Å². The first-order chi connectivity index (χ1) is 13.0. The molecule has 0 amide bonds. The lowest BCUT2D eigenvalue weighted by molar-refractivity contribution is -0.137. The van der Waals surface area contributed by atoms with Crippen LogP contribution in [0.2, 0.25) is 0 Å². The molecule has 0 saturated heterocycles. The lowest BCUT2D eigenvalue weighted by Crippen LogP contribution is -2.27. The average molecular weight is 391 g/mol. The van der Waals surface area contributed by atoms with Crippen molar-refractivity contribution >= 4 is 11.0 Å². The van der Waals surface area contributed by atoms with Gasteiger partial charge in [-0.15, -0.1) is 0 Å². The van der Waals surface area contributed by atoms with Crippen LogP contribution in [0.15, 0.2) is 29.3 Å². The standard InChI is InChI=1S/C18H16F3N5O2/c1-4-26-9-23-13-14(16(26)27)24-25(3)15(13)17(2,28)11-5-6-12(18(19,20)21)10(7-11)8-22/h5-7,9,28H,4H2,1-3H3/t17-/m0/s1. The van der Waals surface area contributed by atoms with E-state index in [0.717, 1.165) is 18.2 Å². The molecule has 0 spiro atoms. The summed E-state index contributed by atoms with van der Waals surface area (Å²) in [5.41, 5.74) is -3.59. The molecule has 0 aliphatic carbocycles. The lowest BCUT2D eigenvalue weighted by Gasteiger charge is -2.25. The number of aryl methyl sites for hydroxylation is 2. The molecule has 28 heavy (non-hydrogen) atoms. The first kappa shape index (κ1) is 19.6. The SMILES string of the molecule is CCn1cnc2c([C@@](C)(O)c3ccc(C(F)(F)F)c(C#N)c3)n(C)nc2c1=O. The number of halogens is 3. The third kappa shape index (κ3) is 2.93. The van der Waals surface area contributed by atoms with Gasteiger partial charge in [0, 0.05) is 13.6 Å². The van der Waals surface area contributed by atoms with Crippen molar-refractivity contribution in [3.63, 3.8) is 0 Å². The van der Waals surface area contributed by atoms with Gasteiger partial charge < -0.3 is 5.11 Å². The van der Waals surface area contributed by atoms with Crippen LogP contribution in [0.5, 0.6) is 0 Å². The maximum Gasteiger partial charge on any atom is 0.417 e. The number of aliphatic hydroxyl groups is 1. The zero-order chi connectivity index (χ0) is 20.9. The molecule has 2 heterocycles. The molecule has 3 rings (SSSR count). The summed E-state index contributed by atoms with van der Waals surface area (Å²) in [5, 5.41) is 24.4. The molecule has 1 N–H and O–H groups in total. The molecule has 10 heteroatoms. The largest absolute Gasteiger partial charge is 0.417 e. The van der Waals surface area contributed by atoms with Crippen molar-refractivity contribution in [2.75, 3.05) is 0 Å². The Labute approximate surface area is 157 Å². The summed E-state index contributed by atoms with van der Waals surface area (Å²) in [5.74, 6) is 0. The van der Waals surface area contributed by atoms with Gasteiger partial charge in [0.2, 0.25) is 0 Å². The third-order valence-corrected chi connectivity index (χ3v) is 4.62. The molecule has 0 fully saturated rings. The molecule has 3 aromatic rings. The molecule has 0 saturated carbocycles. The highest BCUT2D eigenvalue weighted by Crippen LogP contribution is 2.37. The second kappa shape index (κ2) is 6.45. The Hall–Kier alpha value is -3.19. The predicted molar refractivity (Wildman–Crippen MR) is 93.3 cm³/mol. The molecule has 0 bridgehead atoms. The topological polar surface area (TPSA) is 96.7 Å². The van der Waals surface area contributed by atoms with E-state index in [1.165, 1.54) is 35.6 Å². The number of nitriles is 1. The van der Waals surface area contributed by atoms with E-state index in [9.17, 15) is 23.1 Å². The lowest BCUT2D eigenvalue weighted by atomic mass is 9.89. The van der Waals surface area contributed by atoms with E-state index < -0.39 is 28.5 Å². The molecule has 146 valence electrons. The van der Waals surface area contributed by atoms with Crippen LogP contribution in [-0.2, 0) is 25.4 Å². The first-order valence-corrected chi connectivity index (χ1v) is 8.29. The van der Waals surface area contributed by atoms with Gasteiger partial charge in [-0.1, -0.05) is 6.07 Å². The van der Waals surface area contributed by atoms with Crippen LogP contribution in [0, 0.1) is 11.3 Å². The number of aromatic nitrogens is 4. The molecule has 1 atom stereocenters. The van der Waals surface area contributed by atoms with Crippen molar-refractivity contribution in [1.82, 2.24) is 19.3 Å². The number of hydrogen-bond donors (Lipinski definition) is 1. The fraction of sp³-hybridized carbons (Fsp3) is 0.333. The van der Waals surface area contributed by atoms with E-state index in [-0.39, 0.29) is 22.3 Å². The molecular weight excluding hydrogens is 375 g/mol. The summed E-state index contributed by atoms with van der Waals surface area (Å²) < 4.78 is 41.8. The van der Waals surface area contributed by atoms with E-state index in [1.54, 1.807) is 6.92 Å². The number of fused-ring (bicyclic) bond motifs is 1. The quantitative estimate of drug-likeness (QED) is 0.739. The Kier molecular flexibility index (Phi) is 4.51. The normalized spacial score (nSPS) is 14.1. The van der Waals surface area contributed by atoms with E-state index in [1.807, 2.05) is 0 Å². The number of benzene rings is 1. The maximum absolute atomic E-state index is 13.1. The number of rotatable bonds is 3. The average Bonchev–Trinajstić information content (AvgIpc) is 2.98. The van der Waals surface area contributed by atoms with Crippen molar-refractivity contribution in [2.24, 2.45) is 7.05 Å². The van der Waals surface area contributed by atoms with Crippen LogP contribution < -0.4 is 5.56 Å². The number of alkyl halides is 3. The summed E-state index contributed by atoms with van der Waals surface area (Å²) in [4.78, 5) is 16.6. The monoisotopic (exact) mass is 391 g/mol. The van der Waals surface area contributed by atoms with Crippen LogP contribution in [0.4, 0.5) is 13.2 Å². The highest BCUT2D eigenvalue weighted by Gasteiger charge is 2.37. The van der Waals surface area contributed by atoms with Crippen molar-refractivity contribution in [3.05, 3.63) is 57.3 Å². The Morgan fingerprint density at radius 3 is 2.54 bits per heavy atom. The molecular formula is C18H16F3N5O2. The van der Waals surface area contributed by atoms with E-state index in [4.69, 9.17) is 5.26 Å². The summed E-state index contributed by atoms with van der Waals surface area (Å²) >= 11 is 0.